The summed E-state index contributed by atoms with van der Waals surface area (Å²) in [6, 6.07) is 9.32. The molecule has 0 spiro atoms. The van der Waals surface area contributed by atoms with E-state index >= 15 is 0 Å². The van der Waals surface area contributed by atoms with Crippen molar-refractivity contribution in [2.24, 2.45) is 5.41 Å². The monoisotopic (exact) mass is 495 g/mol. The standard InChI is InChI=1S/C26H29N3O3S2/c1-15-13-21(28-25(32)26(3,4)5)34-22(15)23(30)27-19-8-6-7-18(16(19)2)24(31)29-11-9-20-17(14-29)10-12-33-20/h6-8,10,12-13H,9,11,14H2,1-5H3,(H,27,30)(H,28,32). The molecule has 3 aromatic rings. The number of amides is 3. The Morgan fingerprint density at radius 1 is 1.06 bits per heavy atom. The normalized spacial score (nSPS) is 13.4. The number of anilines is 2. The first-order chi connectivity index (χ1) is 16.0. The minimum Gasteiger partial charge on any atom is -0.334 e. The van der Waals surface area contributed by atoms with Gasteiger partial charge in [-0.2, -0.15) is 0 Å². The molecule has 1 aromatic carbocycles. The number of rotatable bonds is 4. The van der Waals surface area contributed by atoms with Gasteiger partial charge in [-0.05, 0) is 66.6 Å². The highest BCUT2D eigenvalue weighted by Crippen LogP contribution is 2.31. The van der Waals surface area contributed by atoms with Crippen molar-refractivity contribution >= 4 is 51.1 Å². The van der Waals surface area contributed by atoms with Crippen molar-refractivity contribution in [2.75, 3.05) is 17.2 Å². The molecule has 3 heterocycles. The number of carbonyl (C=O) groups is 3. The Morgan fingerprint density at radius 2 is 1.82 bits per heavy atom. The van der Waals surface area contributed by atoms with Crippen LogP contribution in [0.3, 0.4) is 0 Å². The van der Waals surface area contributed by atoms with Gasteiger partial charge in [-0.25, -0.2) is 0 Å². The lowest BCUT2D eigenvalue weighted by atomic mass is 9.96. The van der Waals surface area contributed by atoms with E-state index in [4.69, 9.17) is 0 Å². The van der Waals surface area contributed by atoms with Crippen LogP contribution in [0.2, 0.25) is 0 Å². The smallest absolute Gasteiger partial charge is 0.266 e. The molecule has 1 aliphatic rings. The van der Waals surface area contributed by atoms with Crippen LogP contribution < -0.4 is 10.6 Å². The van der Waals surface area contributed by atoms with Crippen molar-refractivity contribution < 1.29 is 14.4 Å². The number of aryl methyl sites for hydroxylation is 1. The van der Waals surface area contributed by atoms with E-state index in [0.717, 1.165) is 17.5 Å². The number of benzene rings is 1. The molecule has 178 valence electrons. The first-order valence-electron chi connectivity index (χ1n) is 11.2. The lowest BCUT2D eigenvalue weighted by Crippen LogP contribution is -2.35. The van der Waals surface area contributed by atoms with Crippen LogP contribution in [0, 0.1) is 19.3 Å². The highest BCUT2D eigenvalue weighted by atomic mass is 32.1. The predicted octanol–water partition coefficient (Wildman–Crippen LogP) is 5.86. The van der Waals surface area contributed by atoms with Crippen LogP contribution >= 0.6 is 22.7 Å². The van der Waals surface area contributed by atoms with Gasteiger partial charge in [0.1, 0.15) is 0 Å². The van der Waals surface area contributed by atoms with E-state index in [-0.39, 0.29) is 17.7 Å². The molecular weight excluding hydrogens is 466 g/mol. The fourth-order valence-electron chi connectivity index (χ4n) is 3.84. The van der Waals surface area contributed by atoms with Gasteiger partial charge in [0.25, 0.3) is 11.8 Å². The summed E-state index contributed by atoms with van der Waals surface area (Å²) in [6.45, 7) is 10.5. The van der Waals surface area contributed by atoms with Crippen LogP contribution in [0.15, 0.2) is 35.7 Å². The highest BCUT2D eigenvalue weighted by molar-refractivity contribution is 7.18. The summed E-state index contributed by atoms with van der Waals surface area (Å²) in [5.74, 6) is -0.382. The van der Waals surface area contributed by atoms with Gasteiger partial charge in [0.2, 0.25) is 5.91 Å². The molecule has 0 unspecified atom stereocenters. The van der Waals surface area contributed by atoms with Crippen molar-refractivity contribution in [3.8, 4) is 0 Å². The second kappa shape index (κ2) is 9.35. The summed E-state index contributed by atoms with van der Waals surface area (Å²) < 4.78 is 0. The number of hydrogen-bond donors (Lipinski definition) is 2. The zero-order valence-corrected chi connectivity index (χ0v) is 21.7. The van der Waals surface area contributed by atoms with Crippen LogP contribution in [-0.2, 0) is 17.8 Å². The van der Waals surface area contributed by atoms with Crippen LogP contribution in [0.5, 0.6) is 0 Å². The lowest BCUT2D eigenvalue weighted by molar-refractivity contribution is -0.123. The molecule has 2 N–H and O–H groups in total. The number of carbonyl (C=O) groups excluding carboxylic acids is 3. The molecule has 6 nitrogen and oxygen atoms in total. The van der Waals surface area contributed by atoms with Crippen molar-refractivity contribution in [3.63, 3.8) is 0 Å². The number of fused-ring (bicyclic) bond motifs is 1. The third-order valence-corrected chi connectivity index (χ3v) is 8.12. The van der Waals surface area contributed by atoms with E-state index in [2.05, 4.69) is 22.1 Å². The number of nitrogens with one attached hydrogen (secondary N) is 2. The summed E-state index contributed by atoms with van der Waals surface area (Å²) in [5.41, 5.74) is 3.43. The van der Waals surface area contributed by atoms with Gasteiger partial charge in [0.15, 0.2) is 0 Å². The molecule has 3 amide bonds. The summed E-state index contributed by atoms with van der Waals surface area (Å²) >= 11 is 2.99. The fraction of sp³-hybridized carbons (Fsp3) is 0.346. The van der Waals surface area contributed by atoms with Crippen LogP contribution in [0.25, 0.3) is 0 Å². The van der Waals surface area contributed by atoms with E-state index in [0.29, 0.717) is 34.2 Å². The van der Waals surface area contributed by atoms with Gasteiger partial charge in [-0.3, -0.25) is 14.4 Å². The SMILES string of the molecule is Cc1cc(NC(=O)C(C)(C)C)sc1C(=O)Nc1cccc(C(=O)N2CCc3sccc3C2)c1C. The quantitative estimate of drug-likeness (QED) is 0.476. The Bertz CT molecular complexity index is 1270. The number of nitrogens with zero attached hydrogens (tertiary/aromatic N) is 1. The third-order valence-electron chi connectivity index (χ3n) is 5.95. The summed E-state index contributed by atoms with van der Waals surface area (Å²) in [6.07, 6.45) is 0.875. The van der Waals surface area contributed by atoms with Gasteiger partial charge in [-0.1, -0.05) is 26.8 Å². The van der Waals surface area contributed by atoms with Gasteiger partial charge < -0.3 is 15.5 Å². The Balaban J connectivity index is 1.50. The Morgan fingerprint density at radius 3 is 2.56 bits per heavy atom. The first-order valence-corrected chi connectivity index (χ1v) is 12.9. The van der Waals surface area contributed by atoms with Crippen LogP contribution in [0.4, 0.5) is 10.7 Å². The molecule has 4 rings (SSSR count). The minimum absolute atomic E-state index is 0.0232. The summed E-state index contributed by atoms with van der Waals surface area (Å²) in [5, 5.41) is 8.57. The van der Waals surface area contributed by atoms with Crippen molar-refractivity contribution in [1.82, 2.24) is 4.90 Å². The maximum absolute atomic E-state index is 13.3. The van der Waals surface area contributed by atoms with E-state index in [9.17, 15) is 14.4 Å². The highest BCUT2D eigenvalue weighted by Gasteiger charge is 2.25. The molecule has 2 aromatic heterocycles. The van der Waals surface area contributed by atoms with E-state index in [1.807, 2.05) is 57.7 Å². The van der Waals surface area contributed by atoms with E-state index in [1.54, 1.807) is 17.4 Å². The molecule has 0 saturated carbocycles. The Labute approximate surface area is 208 Å². The maximum Gasteiger partial charge on any atom is 0.266 e. The summed E-state index contributed by atoms with van der Waals surface area (Å²) in [4.78, 5) is 42.4. The van der Waals surface area contributed by atoms with Crippen molar-refractivity contribution in [3.05, 3.63) is 67.7 Å². The van der Waals surface area contributed by atoms with E-state index in [1.165, 1.54) is 21.8 Å². The number of thiophene rings is 2. The Hall–Kier alpha value is -2.97. The minimum atomic E-state index is -0.524. The molecule has 34 heavy (non-hydrogen) atoms. The molecule has 0 atom stereocenters. The molecule has 0 radical (unpaired) electrons. The topological polar surface area (TPSA) is 78.5 Å². The molecule has 0 aliphatic carbocycles. The third kappa shape index (κ3) is 4.93. The maximum atomic E-state index is 13.3. The van der Waals surface area contributed by atoms with Crippen LogP contribution in [-0.4, -0.2) is 29.2 Å². The average molecular weight is 496 g/mol. The Kier molecular flexibility index (Phi) is 6.64. The lowest BCUT2D eigenvalue weighted by Gasteiger charge is -2.28. The fourth-order valence-corrected chi connectivity index (χ4v) is 5.70. The van der Waals surface area contributed by atoms with Crippen molar-refractivity contribution in [1.29, 1.82) is 0 Å². The first kappa shape index (κ1) is 24.2. The van der Waals surface area contributed by atoms with Gasteiger partial charge in [0.05, 0.1) is 9.88 Å². The number of hydrogen-bond acceptors (Lipinski definition) is 5. The molecule has 0 saturated heterocycles. The zero-order chi connectivity index (χ0) is 24.6. The average Bonchev–Trinajstić information content (AvgIpc) is 3.39. The van der Waals surface area contributed by atoms with Gasteiger partial charge >= 0.3 is 0 Å². The van der Waals surface area contributed by atoms with Gasteiger partial charge in [-0.15, -0.1) is 22.7 Å². The summed E-state index contributed by atoms with van der Waals surface area (Å²) in [7, 11) is 0. The van der Waals surface area contributed by atoms with Gasteiger partial charge in [0, 0.05) is 34.6 Å². The molecular formula is C26H29N3O3S2. The predicted molar refractivity (Wildman–Crippen MR) is 139 cm³/mol. The van der Waals surface area contributed by atoms with Crippen molar-refractivity contribution in [2.45, 2.75) is 47.6 Å². The molecule has 0 bridgehead atoms. The van der Waals surface area contributed by atoms with Crippen LogP contribution in [0.1, 0.15) is 62.4 Å². The zero-order valence-electron chi connectivity index (χ0n) is 20.1. The van der Waals surface area contributed by atoms with E-state index < -0.39 is 5.41 Å². The largest absolute Gasteiger partial charge is 0.334 e. The second-order valence-corrected chi connectivity index (χ2v) is 11.7. The molecule has 1 aliphatic heterocycles. The molecule has 8 heteroatoms. The molecule has 0 fully saturated rings. The second-order valence-electron chi connectivity index (χ2n) is 9.60.